The summed E-state index contributed by atoms with van der Waals surface area (Å²) in [7, 11) is 0. The Kier molecular flexibility index (Phi) is 9.21. The third-order valence-electron chi connectivity index (χ3n) is 5.46. The second kappa shape index (κ2) is 12.3. The molecule has 3 aromatic carbocycles. The van der Waals surface area contributed by atoms with Crippen LogP contribution in [-0.2, 0) is 6.54 Å². The van der Waals surface area contributed by atoms with Crippen molar-refractivity contribution in [2.45, 2.75) is 45.4 Å². The largest absolute Gasteiger partial charge is 0.507 e. The van der Waals surface area contributed by atoms with Crippen LogP contribution in [-0.4, -0.2) is 21.9 Å². The standard InChI is InChI=1S/C28H30ClNO3/c1-2-3-4-5-18-30(25-16-17-27(31)26(19-25)28(32)33)20-23-10-8-21(9-11-23)6-7-22-12-14-24(29)15-13-22/h8-17,19,28,31-33H,2-5,18,20H2,1H3. The Labute approximate surface area is 201 Å². The van der Waals surface area contributed by atoms with E-state index in [0.29, 0.717) is 11.6 Å². The zero-order valence-electron chi connectivity index (χ0n) is 18.8. The molecule has 0 spiro atoms. The van der Waals surface area contributed by atoms with Crippen molar-refractivity contribution in [2.75, 3.05) is 11.4 Å². The van der Waals surface area contributed by atoms with Crippen LogP contribution in [0.1, 0.15) is 61.2 Å². The second-order valence-corrected chi connectivity index (χ2v) is 8.49. The Bertz CT molecular complexity index is 1080. The van der Waals surface area contributed by atoms with Crippen LogP contribution in [0.5, 0.6) is 5.75 Å². The minimum Gasteiger partial charge on any atom is -0.507 e. The average Bonchev–Trinajstić information content (AvgIpc) is 2.82. The summed E-state index contributed by atoms with van der Waals surface area (Å²) in [6.45, 7) is 3.69. The Morgan fingerprint density at radius 1 is 0.848 bits per heavy atom. The molecule has 3 aromatic rings. The number of aliphatic hydroxyl groups is 2. The number of nitrogens with zero attached hydrogens (tertiary/aromatic N) is 1. The molecule has 0 unspecified atom stereocenters. The normalized spacial score (nSPS) is 10.7. The maximum absolute atomic E-state index is 9.94. The van der Waals surface area contributed by atoms with Gasteiger partial charge < -0.3 is 20.2 Å². The molecule has 0 saturated heterocycles. The number of hydrogen-bond donors (Lipinski definition) is 3. The molecule has 0 atom stereocenters. The van der Waals surface area contributed by atoms with Gasteiger partial charge in [-0.2, -0.15) is 0 Å². The van der Waals surface area contributed by atoms with Gasteiger partial charge in [0.1, 0.15) is 5.75 Å². The van der Waals surface area contributed by atoms with E-state index in [4.69, 9.17) is 11.6 Å². The van der Waals surface area contributed by atoms with Crippen molar-refractivity contribution in [1.29, 1.82) is 0 Å². The quantitative estimate of drug-likeness (QED) is 0.206. The fraction of sp³-hybridized carbons (Fsp3) is 0.286. The van der Waals surface area contributed by atoms with Gasteiger partial charge in [-0.3, -0.25) is 0 Å². The number of unbranched alkanes of at least 4 members (excludes halogenated alkanes) is 3. The van der Waals surface area contributed by atoms with Crippen molar-refractivity contribution in [2.24, 2.45) is 0 Å². The SMILES string of the molecule is CCCCCCN(Cc1ccc(C#Cc2ccc(Cl)cc2)cc1)c1ccc(O)c(C(O)O)c1. The van der Waals surface area contributed by atoms with Gasteiger partial charge in [-0.1, -0.05) is 61.8 Å². The number of phenols is 1. The molecular weight excluding hydrogens is 434 g/mol. The van der Waals surface area contributed by atoms with E-state index in [9.17, 15) is 15.3 Å². The third-order valence-corrected chi connectivity index (χ3v) is 5.71. The van der Waals surface area contributed by atoms with Gasteiger partial charge in [0.05, 0.1) is 5.56 Å². The van der Waals surface area contributed by atoms with Crippen molar-refractivity contribution in [1.82, 2.24) is 0 Å². The molecule has 3 N–H and O–H groups in total. The van der Waals surface area contributed by atoms with E-state index >= 15 is 0 Å². The lowest BCUT2D eigenvalue weighted by molar-refractivity contribution is -0.0438. The van der Waals surface area contributed by atoms with E-state index in [1.54, 1.807) is 6.07 Å². The smallest absolute Gasteiger partial charge is 0.182 e. The van der Waals surface area contributed by atoms with Gasteiger partial charge in [0.15, 0.2) is 6.29 Å². The molecule has 0 aliphatic rings. The highest BCUT2D eigenvalue weighted by atomic mass is 35.5. The van der Waals surface area contributed by atoms with E-state index in [1.165, 1.54) is 18.9 Å². The predicted molar refractivity (Wildman–Crippen MR) is 134 cm³/mol. The van der Waals surface area contributed by atoms with Crippen molar-refractivity contribution in [3.05, 3.63) is 94.0 Å². The fourth-order valence-electron chi connectivity index (χ4n) is 3.57. The molecule has 0 amide bonds. The van der Waals surface area contributed by atoms with E-state index in [-0.39, 0.29) is 11.3 Å². The van der Waals surface area contributed by atoms with Crippen LogP contribution in [0.2, 0.25) is 5.02 Å². The highest BCUT2D eigenvalue weighted by Crippen LogP contribution is 2.29. The number of aromatic hydroxyl groups is 1. The zero-order valence-corrected chi connectivity index (χ0v) is 19.6. The number of aliphatic hydroxyl groups excluding tert-OH is 1. The van der Waals surface area contributed by atoms with Crippen LogP contribution >= 0.6 is 11.6 Å². The minimum absolute atomic E-state index is 0.110. The summed E-state index contributed by atoms with van der Waals surface area (Å²) in [5, 5.41) is 29.8. The fourth-order valence-corrected chi connectivity index (χ4v) is 3.69. The second-order valence-electron chi connectivity index (χ2n) is 8.05. The highest BCUT2D eigenvalue weighted by Gasteiger charge is 2.14. The van der Waals surface area contributed by atoms with Crippen molar-refractivity contribution in [3.63, 3.8) is 0 Å². The van der Waals surface area contributed by atoms with Gasteiger partial charge in [0, 0.05) is 34.9 Å². The highest BCUT2D eigenvalue weighted by molar-refractivity contribution is 6.30. The van der Waals surface area contributed by atoms with Crippen molar-refractivity contribution >= 4 is 17.3 Å². The van der Waals surface area contributed by atoms with E-state index in [2.05, 4.69) is 35.8 Å². The first kappa shape index (κ1) is 24.7. The Morgan fingerprint density at radius 2 is 1.48 bits per heavy atom. The number of rotatable bonds is 9. The van der Waals surface area contributed by atoms with E-state index in [1.807, 2.05) is 42.5 Å². The van der Waals surface area contributed by atoms with Gasteiger partial charge in [0.25, 0.3) is 0 Å². The summed E-state index contributed by atoms with van der Waals surface area (Å²) < 4.78 is 0. The maximum Gasteiger partial charge on any atom is 0.182 e. The molecule has 0 aliphatic heterocycles. The first-order valence-electron chi connectivity index (χ1n) is 11.3. The minimum atomic E-state index is -1.72. The van der Waals surface area contributed by atoms with Gasteiger partial charge >= 0.3 is 0 Å². The molecule has 172 valence electrons. The van der Waals surface area contributed by atoms with Crippen LogP contribution < -0.4 is 4.90 Å². The van der Waals surface area contributed by atoms with Crippen LogP contribution in [0.4, 0.5) is 5.69 Å². The van der Waals surface area contributed by atoms with Gasteiger partial charge in [0.2, 0.25) is 0 Å². The predicted octanol–water partition coefficient (Wildman–Crippen LogP) is 6.02. The summed E-state index contributed by atoms with van der Waals surface area (Å²) in [5.41, 5.74) is 3.93. The molecule has 0 fully saturated rings. The monoisotopic (exact) mass is 463 g/mol. The first-order chi connectivity index (χ1) is 16.0. The average molecular weight is 464 g/mol. The van der Waals surface area contributed by atoms with E-state index in [0.717, 1.165) is 41.8 Å². The number of halogens is 1. The van der Waals surface area contributed by atoms with Gasteiger partial charge in [-0.25, -0.2) is 0 Å². The Balaban J connectivity index is 1.75. The van der Waals surface area contributed by atoms with Gasteiger partial charge in [-0.05, 0) is 66.6 Å². The molecule has 0 aliphatic carbocycles. The van der Waals surface area contributed by atoms with Crippen LogP contribution in [0, 0.1) is 11.8 Å². The van der Waals surface area contributed by atoms with E-state index < -0.39 is 6.29 Å². The molecule has 0 radical (unpaired) electrons. The number of hydrogen-bond acceptors (Lipinski definition) is 4. The van der Waals surface area contributed by atoms with Crippen molar-refractivity contribution in [3.8, 4) is 17.6 Å². The molecule has 0 heterocycles. The molecule has 4 nitrogen and oxygen atoms in total. The number of phenolic OH excluding ortho intramolecular Hbond substituents is 1. The summed E-state index contributed by atoms with van der Waals surface area (Å²) >= 11 is 5.92. The molecular formula is C28H30ClNO3. The zero-order chi connectivity index (χ0) is 23.6. The Morgan fingerprint density at radius 3 is 2.09 bits per heavy atom. The number of benzene rings is 3. The number of anilines is 1. The first-order valence-corrected chi connectivity index (χ1v) is 11.6. The molecule has 0 saturated carbocycles. The lowest BCUT2D eigenvalue weighted by atomic mass is 10.1. The maximum atomic E-state index is 9.94. The summed E-state index contributed by atoms with van der Waals surface area (Å²) in [4.78, 5) is 2.20. The topological polar surface area (TPSA) is 63.9 Å². The lowest BCUT2D eigenvalue weighted by Gasteiger charge is -2.26. The molecule has 33 heavy (non-hydrogen) atoms. The van der Waals surface area contributed by atoms with Gasteiger partial charge in [-0.15, -0.1) is 0 Å². The van der Waals surface area contributed by atoms with Crippen LogP contribution in [0.15, 0.2) is 66.7 Å². The Hall–Kier alpha value is -2.97. The molecule has 0 aromatic heterocycles. The molecule has 0 bridgehead atoms. The van der Waals surface area contributed by atoms with Crippen LogP contribution in [0.25, 0.3) is 0 Å². The summed E-state index contributed by atoms with van der Waals surface area (Å²) in [6.07, 6.45) is 2.81. The summed E-state index contributed by atoms with van der Waals surface area (Å²) in [5.74, 6) is 6.20. The molecule has 5 heteroatoms. The van der Waals surface area contributed by atoms with Crippen LogP contribution in [0.3, 0.4) is 0 Å². The lowest BCUT2D eigenvalue weighted by Crippen LogP contribution is -2.24. The summed E-state index contributed by atoms with van der Waals surface area (Å²) in [6, 6.07) is 20.6. The third kappa shape index (κ3) is 7.54. The molecule has 3 rings (SSSR count). The van der Waals surface area contributed by atoms with Crippen molar-refractivity contribution < 1.29 is 15.3 Å².